The van der Waals surface area contributed by atoms with E-state index in [1.165, 1.54) is 11.4 Å². The van der Waals surface area contributed by atoms with Crippen LogP contribution in [0, 0.1) is 0 Å². The van der Waals surface area contributed by atoms with Crippen molar-refractivity contribution in [2.45, 2.75) is 11.3 Å². The monoisotopic (exact) mass is 258 g/mol. The maximum absolute atomic E-state index is 10.7. The second-order valence-corrected chi connectivity index (χ2v) is 4.64. The number of aliphatic carboxylic acids is 1. The van der Waals surface area contributed by atoms with Gasteiger partial charge in [-0.1, -0.05) is 0 Å². The van der Waals surface area contributed by atoms with Crippen LogP contribution in [0.4, 0.5) is 0 Å². The smallest absolute Gasteiger partial charge is 0.308 e. The van der Waals surface area contributed by atoms with Gasteiger partial charge >= 0.3 is 5.97 Å². The van der Waals surface area contributed by atoms with Crippen molar-refractivity contribution in [1.29, 1.82) is 0 Å². The lowest BCUT2D eigenvalue weighted by atomic mass is 10.3. The number of hydrogen-bond donors (Lipinski definition) is 2. The van der Waals surface area contributed by atoms with Crippen molar-refractivity contribution in [1.82, 2.24) is 0 Å². The fourth-order valence-corrected chi connectivity index (χ4v) is 2.73. The van der Waals surface area contributed by atoms with Gasteiger partial charge in [-0.25, -0.2) is 0 Å². The van der Waals surface area contributed by atoms with Gasteiger partial charge in [0.05, 0.1) is 6.42 Å². The third-order valence-corrected chi connectivity index (χ3v) is 3.28. The number of carboxylic acids is 1. The van der Waals surface area contributed by atoms with Gasteiger partial charge in [-0.2, -0.15) is 8.42 Å². The third kappa shape index (κ3) is 3.26. The molecule has 1 aromatic rings. The molecule has 8 heteroatoms. The van der Waals surface area contributed by atoms with Gasteiger partial charge in [0.15, 0.2) is 0 Å². The first-order valence-corrected chi connectivity index (χ1v) is 5.49. The molecule has 1 aromatic heterocycles. The van der Waals surface area contributed by atoms with Gasteiger partial charge in [0.2, 0.25) is 0 Å². The van der Waals surface area contributed by atoms with E-state index in [1.807, 2.05) is 0 Å². The molecule has 0 bridgehead atoms. The highest BCUT2D eigenvalue weighted by Gasteiger charge is 2.18. The molecule has 0 aromatic carbocycles. The van der Waals surface area contributed by atoms with Gasteiger partial charge in [-0.05, 0) is 11.4 Å². The van der Waals surface area contributed by atoms with Crippen molar-refractivity contribution in [3.05, 3.63) is 16.3 Å². The Hall–Kier alpha value is -0.630. The van der Waals surface area contributed by atoms with Crippen LogP contribution >= 0.6 is 23.7 Å². The summed E-state index contributed by atoms with van der Waals surface area (Å²) in [6.45, 7) is 0. The van der Waals surface area contributed by atoms with Crippen LogP contribution < -0.4 is 0 Å². The predicted octanol–water partition coefficient (Wildman–Crippen LogP) is 1.04. The van der Waals surface area contributed by atoms with E-state index in [2.05, 4.69) is 0 Å². The fraction of sp³-hybridized carbons (Fsp3) is 0.167. The first-order chi connectivity index (χ1) is 5.91. The van der Waals surface area contributed by atoms with Gasteiger partial charge < -0.3 is 5.11 Å². The fourth-order valence-electron chi connectivity index (χ4n) is 0.825. The summed E-state index contributed by atoms with van der Waals surface area (Å²) in [4.78, 5) is 10.1. The molecular weight excluding hydrogens is 252 g/mol. The number of rotatable bonds is 3. The molecule has 0 amide bonds. The van der Waals surface area contributed by atoms with Gasteiger partial charge in [0, 0.05) is 4.88 Å². The highest BCUT2D eigenvalue weighted by molar-refractivity contribution is 7.86. The molecule has 0 radical (unpaired) electrons. The lowest BCUT2D eigenvalue weighted by Crippen LogP contribution is -2.04. The van der Waals surface area contributed by atoms with Crippen molar-refractivity contribution in [3.63, 3.8) is 0 Å². The molecular formula is C6H7ClO5S2. The molecule has 0 atom stereocenters. The second-order valence-electron chi connectivity index (χ2n) is 2.25. The van der Waals surface area contributed by atoms with Crippen LogP contribution in [0.5, 0.6) is 0 Å². The summed E-state index contributed by atoms with van der Waals surface area (Å²) in [5.41, 5.74) is 0. The van der Waals surface area contributed by atoms with E-state index in [9.17, 15) is 13.2 Å². The summed E-state index contributed by atoms with van der Waals surface area (Å²) in [6.07, 6.45) is -0.396. The van der Waals surface area contributed by atoms with E-state index >= 15 is 0 Å². The zero-order valence-corrected chi connectivity index (χ0v) is 9.16. The largest absolute Gasteiger partial charge is 0.481 e. The van der Waals surface area contributed by atoms with Crippen molar-refractivity contribution >= 4 is 39.8 Å². The maximum Gasteiger partial charge on any atom is 0.308 e. The summed E-state index contributed by atoms with van der Waals surface area (Å²) in [5.74, 6) is -1.13. The quantitative estimate of drug-likeness (QED) is 0.791. The number of carbonyl (C=O) groups is 1. The Bertz CT molecular complexity index is 421. The molecule has 0 saturated heterocycles. The van der Waals surface area contributed by atoms with E-state index in [0.717, 1.165) is 11.3 Å². The van der Waals surface area contributed by atoms with Crippen LogP contribution in [0.1, 0.15) is 4.88 Å². The van der Waals surface area contributed by atoms with Crippen LogP contribution in [0.3, 0.4) is 0 Å². The number of hydrogen-bond acceptors (Lipinski definition) is 4. The SMILES string of the molecule is Cl.O=C(O)Cc1sccc1S(=O)(=O)O. The molecule has 1 rings (SSSR count). The molecule has 0 fully saturated rings. The lowest BCUT2D eigenvalue weighted by molar-refractivity contribution is -0.136. The molecule has 2 N–H and O–H groups in total. The van der Waals surface area contributed by atoms with Crippen LogP contribution in [0.2, 0.25) is 0 Å². The van der Waals surface area contributed by atoms with E-state index in [4.69, 9.17) is 9.66 Å². The molecule has 0 unspecified atom stereocenters. The minimum atomic E-state index is -4.29. The van der Waals surface area contributed by atoms with E-state index in [-0.39, 0.29) is 22.2 Å². The number of thiophene rings is 1. The molecule has 0 aliphatic carbocycles. The van der Waals surface area contributed by atoms with E-state index in [0.29, 0.717) is 0 Å². The minimum absolute atomic E-state index is 0. The van der Waals surface area contributed by atoms with Crippen molar-refractivity contribution in [3.8, 4) is 0 Å². The third-order valence-electron chi connectivity index (χ3n) is 1.29. The second kappa shape index (κ2) is 4.74. The highest BCUT2D eigenvalue weighted by Crippen LogP contribution is 2.21. The molecule has 0 aliphatic rings. The van der Waals surface area contributed by atoms with Crippen molar-refractivity contribution < 1.29 is 22.9 Å². The Kier molecular flexibility index (Phi) is 4.53. The maximum atomic E-state index is 10.7. The van der Waals surface area contributed by atoms with Gasteiger partial charge in [-0.15, -0.1) is 23.7 Å². The predicted molar refractivity (Wildman–Crippen MR) is 52.7 cm³/mol. The Morgan fingerprint density at radius 3 is 2.50 bits per heavy atom. The number of carboxylic acid groups (broad SMARTS) is 1. The summed E-state index contributed by atoms with van der Waals surface area (Å²) in [7, 11) is -4.29. The summed E-state index contributed by atoms with van der Waals surface area (Å²) < 4.78 is 30.0. The highest BCUT2D eigenvalue weighted by atomic mass is 35.5. The van der Waals surface area contributed by atoms with Crippen LogP contribution in [-0.4, -0.2) is 24.0 Å². The van der Waals surface area contributed by atoms with Gasteiger partial charge in [0.1, 0.15) is 4.90 Å². The van der Waals surface area contributed by atoms with E-state index < -0.39 is 22.5 Å². The molecule has 80 valence electrons. The average molecular weight is 259 g/mol. The van der Waals surface area contributed by atoms with Crippen LogP contribution in [0.25, 0.3) is 0 Å². The van der Waals surface area contributed by atoms with Crippen molar-refractivity contribution in [2.75, 3.05) is 0 Å². The van der Waals surface area contributed by atoms with Gasteiger partial charge in [-0.3, -0.25) is 9.35 Å². The molecule has 0 spiro atoms. The van der Waals surface area contributed by atoms with Crippen LogP contribution in [-0.2, 0) is 21.3 Å². The summed E-state index contributed by atoms with van der Waals surface area (Å²) in [5, 5.41) is 9.82. The molecule has 5 nitrogen and oxygen atoms in total. The zero-order valence-electron chi connectivity index (χ0n) is 6.71. The Morgan fingerprint density at radius 2 is 2.07 bits per heavy atom. The zero-order chi connectivity index (χ0) is 10.1. The van der Waals surface area contributed by atoms with Gasteiger partial charge in [0.25, 0.3) is 10.1 Å². The lowest BCUT2D eigenvalue weighted by Gasteiger charge is -1.96. The first-order valence-electron chi connectivity index (χ1n) is 3.17. The molecule has 14 heavy (non-hydrogen) atoms. The Labute approximate surface area is 90.5 Å². The molecule has 0 aliphatic heterocycles. The molecule has 0 saturated carbocycles. The Balaban J connectivity index is 0.00000169. The number of halogens is 1. The van der Waals surface area contributed by atoms with Crippen LogP contribution in [0.15, 0.2) is 16.3 Å². The topological polar surface area (TPSA) is 91.7 Å². The normalized spacial score (nSPS) is 10.6. The average Bonchev–Trinajstić information content (AvgIpc) is 2.31. The summed E-state index contributed by atoms with van der Waals surface area (Å²) >= 11 is 0.985. The molecule has 1 heterocycles. The standard InChI is InChI=1S/C6H6O5S2.ClH/c7-6(8)3-4-5(1-2-12-4)13(9,10)11;/h1-2H,3H2,(H,7,8)(H,9,10,11);1H. The van der Waals surface area contributed by atoms with E-state index in [1.54, 1.807) is 0 Å². The first kappa shape index (κ1) is 13.4. The summed E-state index contributed by atoms with van der Waals surface area (Å²) in [6, 6.07) is 1.18. The minimum Gasteiger partial charge on any atom is -0.481 e. The van der Waals surface area contributed by atoms with Crippen molar-refractivity contribution in [2.24, 2.45) is 0 Å². The Morgan fingerprint density at radius 1 is 1.50 bits per heavy atom.